The van der Waals surface area contributed by atoms with Crippen LogP contribution in [0.3, 0.4) is 0 Å². The smallest absolute Gasteiger partial charge is 0.243 e. The van der Waals surface area contributed by atoms with Crippen molar-refractivity contribution < 1.29 is 17.9 Å². The standard InChI is InChI=1S/C15H20FNO3S/c1-4-17(11-12(2)3)21(19,20)14-8-7-13(6-5-9-18)15(16)10-14/h7-8,10,12,18H,4,9,11H2,1-3H3. The second-order valence-electron chi connectivity index (χ2n) is 4.95. The second kappa shape index (κ2) is 7.55. The summed E-state index contributed by atoms with van der Waals surface area (Å²) in [4.78, 5) is -0.0861. The van der Waals surface area contributed by atoms with E-state index in [0.717, 1.165) is 6.07 Å². The third-order valence-electron chi connectivity index (χ3n) is 2.80. The van der Waals surface area contributed by atoms with Gasteiger partial charge in [0.1, 0.15) is 12.4 Å². The van der Waals surface area contributed by atoms with Gasteiger partial charge in [-0.3, -0.25) is 0 Å². The van der Waals surface area contributed by atoms with Gasteiger partial charge in [-0.25, -0.2) is 12.8 Å². The van der Waals surface area contributed by atoms with Crippen molar-refractivity contribution in [1.82, 2.24) is 4.31 Å². The Labute approximate surface area is 125 Å². The van der Waals surface area contributed by atoms with Gasteiger partial charge in [-0.2, -0.15) is 4.31 Å². The van der Waals surface area contributed by atoms with Gasteiger partial charge in [0.2, 0.25) is 10.0 Å². The van der Waals surface area contributed by atoms with Crippen molar-refractivity contribution >= 4 is 10.0 Å². The number of aliphatic hydroxyl groups is 1. The van der Waals surface area contributed by atoms with E-state index >= 15 is 0 Å². The van der Waals surface area contributed by atoms with Gasteiger partial charge in [-0.15, -0.1) is 0 Å². The maximum Gasteiger partial charge on any atom is 0.243 e. The molecule has 0 saturated carbocycles. The monoisotopic (exact) mass is 313 g/mol. The number of aliphatic hydroxyl groups excluding tert-OH is 1. The van der Waals surface area contributed by atoms with Gasteiger partial charge in [0, 0.05) is 13.1 Å². The first kappa shape index (κ1) is 17.6. The first-order valence-corrected chi connectivity index (χ1v) is 8.16. The van der Waals surface area contributed by atoms with Gasteiger partial charge in [0.25, 0.3) is 0 Å². The van der Waals surface area contributed by atoms with Crippen LogP contribution in [0.1, 0.15) is 26.3 Å². The van der Waals surface area contributed by atoms with E-state index < -0.39 is 15.8 Å². The molecule has 0 radical (unpaired) electrons. The predicted octanol–water partition coefficient (Wildman–Crippen LogP) is 1.84. The normalized spacial score (nSPS) is 11.6. The Bertz CT molecular complexity index is 645. The summed E-state index contributed by atoms with van der Waals surface area (Å²) < 4.78 is 40.1. The van der Waals surface area contributed by atoms with Crippen molar-refractivity contribution in [3.05, 3.63) is 29.6 Å². The molecule has 116 valence electrons. The SMILES string of the molecule is CCN(CC(C)C)S(=O)(=O)c1ccc(C#CCO)c(F)c1. The minimum Gasteiger partial charge on any atom is -0.384 e. The molecular weight excluding hydrogens is 293 g/mol. The van der Waals surface area contributed by atoms with Crippen molar-refractivity contribution in [2.24, 2.45) is 5.92 Å². The summed E-state index contributed by atoms with van der Waals surface area (Å²) in [6.07, 6.45) is 0. The van der Waals surface area contributed by atoms with E-state index in [1.54, 1.807) is 6.92 Å². The molecule has 0 atom stereocenters. The summed E-state index contributed by atoms with van der Waals surface area (Å²) >= 11 is 0. The average molecular weight is 313 g/mol. The molecule has 1 aromatic carbocycles. The van der Waals surface area contributed by atoms with E-state index in [0.29, 0.717) is 13.1 Å². The Balaban J connectivity index is 3.17. The minimum atomic E-state index is -3.71. The fraction of sp³-hybridized carbons (Fsp3) is 0.467. The first-order valence-electron chi connectivity index (χ1n) is 6.72. The predicted molar refractivity (Wildman–Crippen MR) is 79.6 cm³/mol. The molecule has 0 spiro atoms. The van der Waals surface area contributed by atoms with E-state index in [9.17, 15) is 12.8 Å². The molecule has 0 saturated heterocycles. The Morgan fingerprint density at radius 2 is 2.05 bits per heavy atom. The summed E-state index contributed by atoms with van der Waals surface area (Å²) in [5.74, 6) is 4.23. The number of rotatable bonds is 5. The number of hydrogen-bond donors (Lipinski definition) is 1. The van der Waals surface area contributed by atoms with Crippen LogP contribution in [-0.2, 0) is 10.0 Å². The molecule has 0 aromatic heterocycles. The highest BCUT2D eigenvalue weighted by Crippen LogP contribution is 2.19. The molecule has 21 heavy (non-hydrogen) atoms. The molecule has 6 heteroatoms. The maximum absolute atomic E-state index is 13.9. The van der Waals surface area contributed by atoms with Crippen LogP contribution in [0.15, 0.2) is 23.1 Å². The van der Waals surface area contributed by atoms with Crippen molar-refractivity contribution in [3.8, 4) is 11.8 Å². The Hall–Kier alpha value is -1.42. The van der Waals surface area contributed by atoms with Gasteiger partial charge in [0.15, 0.2) is 0 Å². The van der Waals surface area contributed by atoms with E-state index in [1.807, 2.05) is 13.8 Å². The topological polar surface area (TPSA) is 57.6 Å². The van der Waals surface area contributed by atoms with Crippen molar-refractivity contribution in [3.63, 3.8) is 0 Å². The summed E-state index contributed by atoms with van der Waals surface area (Å²) in [6, 6.07) is 3.62. The van der Waals surface area contributed by atoms with Crippen LogP contribution in [0, 0.1) is 23.6 Å². The van der Waals surface area contributed by atoms with Crippen LogP contribution in [0.25, 0.3) is 0 Å². The number of hydrogen-bond acceptors (Lipinski definition) is 3. The summed E-state index contributed by atoms with van der Waals surface area (Å²) in [5, 5.41) is 8.59. The zero-order valence-corrected chi connectivity index (χ0v) is 13.2. The summed E-state index contributed by atoms with van der Waals surface area (Å²) in [7, 11) is -3.71. The summed E-state index contributed by atoms with van der Waals surface area (Å²) in [5.41, 5.74) is 0.0647. The third-order valence-corrected chi connectivity index (χ3v) is 4.74. The molecule has 0 heterocycles. The zero-order chi connectivity index (χ0) is 16.0. The average Bonchev–Trinajstić information content (AvgIpc) is 2.42. The summed E-state index contributed by atoms with van der Waals surface area (Å²) in [6.45, 7) is 5.92. The van der Waals surface area contributed by atoms with Crippen molar-refractivity contribution in [1.29, 1.82) is 0 Å². The van der Waals surface area contributed by atoms with Crippen LogP contribution in [0.5, 0.6) is 0 Å². The van der Waals surface area contributed by atoms with Crippen LogP contribution < -0.4 is 0 Å². The molecular formula is C15H20FNO3S. The molecule has 1 rings (SSSR count). The van der Waals surface area contributed by atoms with E-state index in [-0.39, 0.29) is 23.0 Å². The molecule has 4 nitrogen and oxygen atoms in total. The highest BCUT2D eigenvalue weighted by Gasteiger charge is 2.24. The van der Waals surface area contributed by atoms with Crippen LogP contribution in [0.4, 0.5) is 4.39 Å². The van der Waals surface area contributed by atoms with Gasteiger partial charge in [0.05, 0.1) is 10.5 Å². The van der Waals surface area contributed by atoms with Crippen molar-refractivity contribution in [2.45, 2.75) is 25.7 Å². The lowest BCUT2D eigenvalue weighted by Crippen LogP contribution is -2.34. The number of nitrogens with zero attached hydrogens (tertiary/aromatic N) is 1. The molecule has 0 fully saturated rings. The minimum absolute atomic E-state index is 0.0647. The van der Waals surface area contributed by atoms with Crippen LogP contribution in [-0.4, -0.2) is 37.5 Å². The molecule has 0 aliphatic heterocycles. The van der Waals surface area contributed by atoms with Crippen molar-refractivity contribution in [2.75, 3.05) is 19.7 Å². The van der Waals surface area contributed by atoms with Crippen LogP contribution >= 0.6 is 0 Å². The lowest BCUT2D eigenvalue weighted by Gasteiger charge is -2.22. The highest BCUT2D eigenvalue weighted by atomic mass is 32.2. The number of sulfonamides is 1. The molecule has 0 aliphatic rings. The lowest BCUT2D eigenvalue weighted by atomic mass is 10.2. The zero-order valence-electron chi connectivity index (χ0n) is 12.4. The fourth-order valence-corrected chi connectivity index (χ4v) is 3.47. The molecule has 0 aliphatic carbocycles. The molecule has 1 aromatic rings. The van der Waals surface area contributed by atoms with Crippen LogP contribution in [0.2, 0.25) is 0 Å². The fourth-order valence-electron chi connectivity index (χ4n) is 1.85. The molecule has 1 N–H and O–H groups in total. The Kier molecular flexibility index (Phi) is 6.34. The molecule has 0 unspecified atom stereocenters. The molecule has 0 amide bonds. The van der Waals surface area contributed by atoms with Gasteiger partial charge >= 0.3 is 0 Å². The third kappa shape index (κ3) is 4.53. The Morgan fingerprint density at radius 1 is 1.38 bits per heavy atom. The number of halogens is 1. The largest absolute Gasteiger partial charge is 0.384 e. The van der Waals surface area contributed by atoms with Gasteiger partial charge in [-0.05, 0) is 24.1 Å². The van der Waals surface area contributed by atoms with E-state index in [4.69, 9.17) is 5.11 Å². The highest BCUT2D eigenvalue weighted by molar-refractivity contribution is 7.89. The van der Waals surface area contributed by atoms with E-state index in [2.05, 4.69) is 11.8 Å². The number of benzene rings is 1. The van der Waals surface area contributed by atoms with Gasteiger partial charge < -0.3 is 5.11 Å². The second-order valence-corrected chi connectivity index (χ2v) is 6.89. The molecule has 0 bridgehead atoms. The first-order chi connectivity index (χ1) is 9.82. The maximum atomic E-state index is 13.9. The quantitative estimate of drug-likeness (QED) is 0.844. The van der Waals surface area contributed by atoms with E-state index in [1.165, 1.54) is 16.4 Å². The van der Waals surface area contributed by atoms with Gasteiger partial charge in [-0.1, -0.05) is 32.6 Å². The lowest BCUT2D eigenvalue weighted by molar-refractivity contribution is 0.350. The Morgan fingerprint density at radius 3 is 2.52 bits per heavy atom.